The molecule has 1 atom stereocenters. The highest BCUT2D eigenvalue weighted by Gasteiger charge is 2.33. The molecule has 0 saturated carbocycles. The Morgan fingerprint density at radius 2 is 1.67 bits per heavy atom. The summed E-state index contributed by atoms with van der Waals surface area (Å²) in [7, 11) is -4.14. The van der Waals surface area contributed by atoms with Gasteiger partial charge in [-0.15, -0.1) is 0 Å². The molecule has 2 aromatic rings. The third kappa shape index (κ3) is 8.51. The second-order valence-corrected chi connectivity index (χ2v) is 11.6. The Balaban J connectivity index is 2.41. The number of alkyl halides is 3. The van der Waals surface area contributed by atoms with Crippen LogP contribution in [0, 0.1) is 5.92 Å². The maximum Gasteiger partial charge on any atom is 0.416 e. The van der Waals surface area contributed by atoms with Gasteiger partial charge in [-0.3, -0.25) is 13.9 Å². The molecule has 1 N–H and O–H groups in total. The first-order chi connectivity index (χ1) is 16.6. The zero-order valence-electron chi connectivity index (χ0n) is 20.3. The molecule has 198 valence electrons. The van der Waals surface area contributed by atoms with Gasteiger partial charge in [0.1, 0.15) is 12.6 Å². The molecule has 0 aliphatic rings. The Morgan fingerprint density at radius 3 is 2.19 bits per heavy atom. The van der Waals surface area contributed by atoms with Crippen molar-refractivity contribution in [3.05, 3.63) is 64.1 Å². The highest BCUT2D eigenvalue weighted by atomic mass is 79.9. The van der Waals surface area contributed by atoms with E-state index in [2.05, 4.69) is 21.2 Å². The SMILES string of the molecule is CC(C)CNC(=O)[C@@H](C)N(Cc1ccc(Br)cc1)C(=O)CN(c1cccc(C(F)(F)F)c1)S(C)(=O)=O. The lowest BCUT2D eigenvalue weighted by atomic mass is 10.1. The molecule has 2 aromatic carbocycles. The monoisotopic (exact) mass is 591 g/mol. The summed E-state index contributed by atoms with van der Waals surface area (Å²) >= 11 is 3.33. The van der Waals surface area contributed by atoms with Gasteiger partial charge in [-0.05, 0) is 48.7 Å². The highest BCUT2D eigenvalue weighted by molar-refractivity contribution is 9.10. The van der Waals surface area contributed by atoms with E-state index in [0.717, 1.165) is 22.9 Å². The Bertz CT molecular complexity index is 1170. The molecule has 36 heavy (non-hydrogen) atoms. The first-order valence-electron chi connectivity index (χ1n) is 11.1. The van der Waals surface area contributed by atoms with Gasteiger partial charge < -0.3 is 10.2 Å². The molecule has 0 fully saturated rings. The van der Waals surface area contributed by atoms with Gasteiger partial charge in [-0.2, -0.15) is 13.2 Å². The van der Waals surface area contributed by atoms with Crippen molar-refractivity contribution in [1.82, 2.24) is 10.2 Å². The number of amides is 2. The molecule has 0 aliphatic heterocycles. The Hall–Kier alpha value is -2.60. The van der Waals surface area contributed by atoms with Crippen molar-refractivity contribution in [2.45, 2.75) is 39.5 Å². The molecular formula is C24H29BrF3N3O4S. The minimum atomic E-state index is -4.69. The van der Waals surface area contributed by atoms with Crippen LogP contribution in [0.25, 0.3) is 0 Å². The lowest BCUT2D eigenvalue weighted by Crippen LogP contribution is -2.51. The molecule has 0 radical (unpaired) electrons. The van der Waals surface area contributed by atoms with E-state index in [1.165, 1.54) is 17.9 Å². The average molecular weight is 592 g/mol. The molecule has 2 rings (SSSR count). The van der Waals surface area contributed by atoms with Crippen LogP contribution in [0.1, 0.15) is 31.9 Å². The van der Waals surface area contributed by atoms with E-state index in [1.54, 1.807) is 24.3 Å². The second-order valence-electron chi connectivity index (χ2n) is 8.78. The summed E-state index contributed by atoms with van der Waals surface area (Å²) in [6.45, 7) is 4.93. The standard InChI is InChI=1S/C24H29BrF3N3O4S/c1-16(2)13-29-23(33)17(3)30(14-18-8-10-20(25)11-9-18)22(32)15-31(36(4,34)35)21-7-5-6-19(12-21)24(26,27)28/h5-12,16-17H,13-15H2,1-4H3,(H,29,33)/t17-/m1/s1. The van der Waals surface area contributed by atoms with E-state index in [4.69, 9.17) is 0 Å². The van der Waals surface area contributed by atoms with Gasteiger partial charge in [0.2, 0.25) is 21.8 Å². The van der Waals surface area contributed by atoms with E-state index in [0.29, 0.717) is 22.5 Å². The fourth-order valence-corrected chi connectivity index (χ4v) is 4.38. The maximum absolute atomic E-state index is 13.4. The number of halogens is 4. The number of hydrogen-bond acceptors (Lipinski definition) is 4. The summed E-state index contributed by atoms with van der Waals surface area (Å²) < 4.78 is 66.1. The van der Waals surface area contributed by atoms with Crippen LogP contribution < -0.4 is 9.62 Å². The van der Waals surface area contributed by atoms with E-state index >= 15 is 0 Å². The van der Waals surface area contributed by atoms with E-state index < -0.39 is 46.2 Å². The molecule has 0 aliphatic carbocycles. The maximum atomic E-state index is 13.4. The van der Waals surface area contributed by atoms with Crippen LogP contribution in [0.2, 0.25) is 0 Å². The summed E-state index contributed by atoms with van der Waals surface area (Å²) in [5.41, 5.74) is -0.671. The molecule has 0 heterocycles. The molecule has 0 spiro atoms. The molecule has 7 nitrogen and oxygen atoms in total. The van der Waals surface area contributed by atoms with Gasteiger partial charge in [0, 0.05) is 17.6 Å². The van der Waals surface area contributed by atoms with Crippen molar-refractivity contribution >= 4 is 43.5 Å². The third-order valence-corrected chi connectivity index (χ3v) is 6.93. The predicted octanol–water partition coefficient (Wildman–Crippen LogP) is 4.42. The van der Waals surface area contributed by atoms with Crippen molar-refractivity contribution in [2.75, 3.05) is 23.7 Å². The zero-order valence-corrected chi connectivity index (χ0v) is 22.7. The van der Waals surface area contributed by atoms with E-state index in [-0.39, 0.29) is 18.2 Å². The van der Waals surface area contributed by atoms with Crippen LogP contribution in [-0.2, 0) is 32.3 Å². The van der Waals surface area contributed by atoms with Crippen LogP contribution >= 0.6 is 15.9 Å². The number of hydrogen-bond donors (Lipinski definition) is 1. The second kappa shape index (κ2) is 12.1. The van der Waals surface area contributed by atoms with Gasteiger partial charge in [0.05, 0.1) is 17.5 Å². The van der Waals surface area contributed by atoms with E-state index in [9.17, 15) is 31.2 Å². The van der Waals surface area contributed by atoms with Crippen molar-refractivity contribution in [3.63, 3.8) is 0 Å². The number of carbonyl (C=O) groups excluding carboxylic acids is 2. The summed E-state index contributed by atoms with van der Waals surface area (Å²) in [4.78, 5) is 27.4. The summed E-state index contributed by atoms with van der Waals surface area (Å²) in [6.07, 6.45) is -3.89. The summed E-state index contributed by atoms with van der Waals surface area (Å²) in [5.74, 6) is -1.01. The summed E-state index contributed by atoms with van der Waals surface area (Å²) in [5, 5.41) is 2.75. The van der Waals surface area contributed by atoms with Crippen LogP contribution in [0.5, 0.6) is 0 Å². The number of sulfonamides is 1. The van der Waals surface area contributed by atoms with Crippen molar-refractivity contribution in [1.29, 1.82) is 0 Å². The quantitative estimate of drug-likeness (QED) is 0.443. The lowest BCUT2D eigenvalue weighted by molar-refractivity contribution is -0.139. The fraction of sp³-hybridized carbons (Fsp3) is 0.417. The molecule has 0 unspecified atom stereocenters. The minimum absolute atomic E-state index is 0.0113. The number of rotatable bonds is 10. The predicted molar refractivity (Wildman–Crippen MR) is 136 cm³/mol. The fourth-order valence-electron chi connectivity index (χ4n) is 3.27. The lowest BCUT2D eigenvalue weighted by Gasteiger charge is -2.31. The van der Waals surface area contributed by atoms with Gasteiger partial charge in [0.15, 0.2) is 0 Å². The molecule has 2 amide bonds. The van der Waals surface area contributed by atoms with Crippen LogP contribution in [-0.4, -0.2) is 50.5 Å². The van der Waals surface area contributed by atoms with Crippen LogP contribution in [0.4, 0.5) is 18.9 Å². The molecule has 0 saturated heterocycles. The van der Waals surface area contributed by atoms with Gasteiger partial charge in [-0.1, -0.05) is 48.0 Å². The summed E-state index contributed by atoms with van der Waals surface area (Å²) in [6, 6.07) is 9.76. The third-order valence-electron chi connectivity index (χ3n) is 5.26. The first-order valence-corrected chi connectivity index (χ1v) is 13.7. The molecule has 0 aromatic heterocycles. The highest BCUT2D eigenvalue weighted by Crippen LogP contribution is 2.32. The average Bonchev–Trinajstić information content (AvgIpc) is 2.78. The number of nitrogens with zero attached hydrogens (tertiary/aromatic N) is 2. The Morgan fingerprint density at radius 1 is 1.06 bits per heavy atom. The van der Waals surface area contributed by atoms with Crippen molar-refractivity contribution in [3.8, 4) is 0 Å². The van der Waals surface area contributed by atoms with Crippen molar-refractivity contribution in [2.24, 2.45) is 5.92 Å². The zero-order chi connectivity index (χ0) is 27.3. The van der Waals surface area contributed by atoms with Crippen molar-refractivity contribution < 1.29 is 31.2 Å². The minimum Gasteiger partial charge on any atom is -0.354 e. The van der Waals surface area contributed by atoms with Gasteiger partial charge in [0.25, 0.3) is 0 Å². The number of carbonyl (C=O) groups is 2. The van der Waals surface area contributed by atoms with Gasteiger partial charge in [-0.25, -0.2) is 8.42 Å². The van der Waals surface area contributed by atoms with Crippen LogP contribution in [0.15, 0.2) is 53.0 Å². The van der Waals surface area contributed by atoms with Gasteiger partial charge >= 0.3 is 6.18 Å². The molecular weight excluding hydrogens is 563 g/mol. The number of benzene rings is 2. The Labute approximate surface area is 217 Å². The molecule has 0 bridgehead atoms. The smallest absolute Gasteiger partial charge is 0.354 e. The Kier molecular flexibility index (Phi) is 9.95. The number of anilines is 1. The largest absolute Gasteiger partial charge is 0.416 e. The first kappa shape index (κ1) is 29.6. The topological polar surface area (TPSA) is 86.8 Å². The van der Waals surface area contributed by atoms with Crippen LogP contribution in [0.3, 0.4) is 0 Å². The normalized spacial score (nSPS) is 12.8. The number of nitrogens with one attached hydrogen (secondary N) is 1. The van der Waals surface area contributed by atoms with E-state index in [1.807, 2.05) is 13.8 Å². The molecule has 12 heteroatoms.